The zero-order valence-electron chi connectivity index (χ0n) is 14.2. The monoisotopic (exact) mass is 434 g/mol. The molecule has 1 aliphatic carbocycles. The Bertz CT molecular complexity index is 804. The average molecular weight is 436 g/mol. The van der Waals surface area contributed by atoms with E-state index < -0.39 is 5.41 Å². The van der Waals surface area contributed by atoms with Crippen molar-refractivity contribution >= 4 is 45.0 Å². The van der Waals surface area contributed by atoms with E-state index in [0.29, 0.717) is 24.4 Å². The maximum Gasteiger partial charge on any atom is 0.230 e. The van der Waals surface area contributed by atoms with Crippen molar-refractivity contribution < 1.29 is 9.59 Å². The summed E-state index contributed by atoms with van der Waals surface area (Å²) < 4.78 is 0.980. The summed E-state index contributed by atoms with van der Waals surface area (Å²) in [5, 5.41) is 6.42. The lowest BCUT2D eigenvalue weighted by atomic mass is 9.95. The molecule has 0 atom stereocenters. The number of rotatable bonds is 7. The molecule has 2 N–H and O–H groups in total. The fourth-order valence-electron chi connectivity index (χ4n) is 2.93. The second-order valence-electron chi connectivity index (χ2n) is 6.51. The first kappa shape index (κ1) is 18.9. The second-order valence-corrected chi connectivity index (χ2v) is 7.86. The topological polar surface area (TPSA) is 58.2 Å². The van der Waals surface area contributed by atoms with Crippen LogP contribution in [0.15, 0.2) is 53.0 Å². The van der Waals surface area contributed by atoms with Gasteiger partial charge in [-0.05, 0) is 61.2 Å². The highest BCUT2D eigenvalue weighted by Crippen LogP contribution is 2.48. The molecule has 3 rings (SSSR count). The number of anilines is 1. The van der Waals surface area contributed by atoms with Crippen LogP contribution >= 0.6 is 27.5 Å². The van der Waals surface area contributed by atoms with Gasteiger partial charge in [-0.1, -0.05) is 39.7 Å². The van der Waals surface area contributed by atoms with E-state index in [-0.39, 0.29) is 11.8 Å². The lowest BCUT2D eigenvalue weighted by Gasteiger charge is -2.16. The lowest BCUT2D eigenvalue weighted by molar-refractivity contribution is -0.124. The Balaban J connectivity index is 1.43. The van der Waals surface area contributed by atoms with Gasteiger partial charge in [0.05, 0.1) is 5.41 Å². The van der Waals surface area contributed by atoms with Gasteiger partial charge in [-0.2, -0.15) is 0 Å². The summed E-state index contributed by atoms with van der Waals surface area (Å²) in [5.74, 6) is -0.0246. The third kappa shape index (κ3) is 4.65. The molecule has 0 aromatic heterocycles. The summed E-state index contributed by atoms with van der Waals surface area (Å²) in [6, 6.07) is 14.9. The number of halogens is 2. The van der Waals surface area contributed by atoms with Crippen LogP contribution < -0.4 is 10.6 Å². The van der Waals surface area contributed by atoms with E-state index in [1.54, 1.807) is 24.3 Å². The van der Waals surface area contributed by atoms with Gasteiger partial charge in [-0.25, -0.2) is 0 Å². The maximum absolute atomic E-state index is 12.6. The molecule has 1 saturated carbocycles. The van der Waals surface area contributed by atoms with Gasteiger partial charge < -0.3 is 10.6 Å². The molecule has 0 unspecified atom stereocenters. The molecule has 2 aromatic carbocycles. The van der Waals surface area contributed by atoms with Gasteiger partial charge in [-0.15, -0.1) is 0 Å². The fourth-order valence-corrected chi connectivity index (χ4v) is 3.46. The number of hydrogen-bond donors (Lipinski definition) is 2. The van der Waals surface area contributed by atoms with Crippen LogP contribution in [0.3, 0.4) is 0 Å². The van der Waals surface area contributed by atoms with Crippen LogP contribution in [0, 0.1) is 0 Å². The molecule has 0 saturated heterocycles. The van der Waals surface area contributed by atoms with E-state index in [1.807, 2.05) is 24.3 Å². The van der Waals surface area contributed by atoms with E-state index in [4.69, 9.17) is 11.6 Å². The van der Waals surface area contributed by atoms with Crippen LogP contribution in [0.1, 0.15) is 31.2 Å². The Morgan fingerprint density at radius 2 is 1.85 bits per heavy atom. The normalized spacial score (nSPS) is 14.5. The second kappa shape index (κ2) is 8.23. The SMILES string of the molecule is O=C(CCCNC(=O)C1(c2cccc(Br)c2)CC1)Nc1ccc(Cl)cc1. The van der Waals surface area contributed by atoms with E-state index in [0.717, 1.165) is 28.6 Å². The summed E-state index contributed by atoms with van der Waals surface area (Å²) in [4.78, 5) is 24.5. The minimum absolute atomic E-state index is 0.0497. The zero-order valence-corrected chi connectivity index (χ0v) is 16.6. The largest absolute Gasteiger partial charge is 0.355 e. The van der Waals surface area contributed by atoms with Crippen LogP contribution in [-0.4, -0.2) is 18.4 Å². The molecule has 26 heavy (non-hydrogen) atoms. The molecule has 0 bridgehead atoms. The predicted octanol–water partition coefficient (Wildman–Crippen LogP) is 4.67. The van der Waals surface area contributed by atoms with Gasteiger partial charge in [0.15, 0.2) is 0 Å². The van der Waals surface area contributed by atoms with Crippen molar-refractivity contribution in [3.05, 3.63) is 63.6 Å². The first-order valence-electron chi connectivity index (χ1n) is 8.59. The fraction of sp³-hybridized carbons (Fsp3) is 0.300. The number of amides is 2. The highest BCUT2D eigenvalue weighted by molar-refractivity contribution is 9.10. The standard InChI is InChI=1S/C20H20BrClN2O2/c21-15-4-1-3-14(13-15)20(10-11-20)19(26)23-12-2-5-18(25)24-17-8-6-16(22)7-9-17/h1,3-4,6-9,13H,2,5,10-12H2,(H,23,26)(H,24,25). The number of carbonyl (C=O) groups is 2. The van der Waals surface area contributed by atoms with Crippen LogP contribution in [0.5, 0.6) is 0 Å². The number of carbonyl (C=O) groups excluding carboxylic acids is 2. The van der Waals surface area contributed by atoms with E-state index in [9.17, 15) is 9.59 Å². The molecule has 0 spiro atoms. The van der Waals surface area contributed by atoms with Crippen LogP contribution in [0.4, 0.5) is 5.69 Å². The first-order valence-corrected chi connectivity index (χ1v) is 9.76. The van der Waals surface area contributed by atoms with Gasteiger partial charge in [0.2, 0.25) is 11.8 Å². The van der Waals surface area contributed by atoms with Gasteiger partial charge in [0.1, 0.15) is 0 Å². The van der Waals surface area contributed by atoms with Crippen molar-refractivity contribution in [1.29, 1.82) is 0 Å². The van der Waals surface area contributed by atoms with Crippen molar-refractivity contribution in [1.82, 2.24) is 5.32 Å². The van der Waals surface area contributed by atoms with Gasteiger partial charge in [0.25, 0.3) is 0 Å². The third-order valence-corrected chi connectivity index (χ3v) is 5.30. The summed E-state index contributed by atoms with van der Waals surface area (Å²) in [5.41, 5.74) is 1.37. The lowest BCUT2D eigenvalue weighted by Crippen LogP contribution is -2.35. The Labute approximate surface area is 166 Å². The predicted molar refractivity (Wildman–Crippen MR) is 107 cm³/mol. The summed E-state index contributed by atoms with van der Waals surface area (Å²) >= 11 is 9.28. The summed E-state index contributed by atoms with van der Waals surface area (Å²) in [7, 11) is 0. The highest BCUT2D eigenvalue weighted by atomic mass is 79.9. The Morgan fingerprint density at radius 3 is 2.50 bits per heavy atom. The smallest absolute Gasteiger partial charge is 0.230 e. The summed E-state index contributed by atoms with van der Waals surface area (Å²) in [6.07, 6.45) is 2.69. The van der Waals surface area contributed by atoms with Crippen molar-refractivity contribution in [2.24, 2.45) is 0 Å². The molecule has 136 valence electrons. The van der Waals surface area contributed by atoms with Crippen LogP contribution in [0.2, 0.25) is 5.02 Å². The van der Waals surface area contributed by atoms with Crippen molar-refractivity contribution in [2.75, 3.05) is 11.9 Å². The maximum atomic E-state index is 12.6. The molecular weight excluding hydrogens is 416 g/mol. The highest BCUT2D eigenvalue weighted by Gasteiger charge is 2.51. The Hall–Kier alpha value is -1.85. The van der Waals surface area contributed by atoms with E-state index >= 15 is 0 Å². The van der Waals surface area contributed by atoms with Crippen LogP contribution in [0.25, 0.3) is 0 Å². The average Bonchev–Trinajstić information content (AvgIpc) is 3.43. The molecule has 0 heterocycles. The number of hydrogen-bond acceptors (Lipinski definition) is 2. The van der Waals surface area contributed by atoms with E-state index in [2.05, 4.69) is 26.6 Å². The van der Waals surface area contributed by atoms with Crippen molar-refractivity contribution in [3.63, 3.8) is 0 Å². The van der Waals surface area contributed by atoms with E-state index in [1.165, 1.54) is 0 Å². The molecule has 4 nitrogen and oxygen atoms in total. The molecule has 0 radical (unpaired) electrons. The molecule has 2 amide bonds. The minimum Gasteiger partial charge on any atom is -0.355 e. The molecule has 0 aliphatic heterocycles. The molecule has 2 aromatic rings. The molecular formula is C20H20BrClN2O2. The molecule has 1 aliphatic rings. The Morgan fingerprint density at radius 1 is 1.12 bits per heavy atom. The molecule has 6 heteroatoms. The van der Waals surface area contributed by atoms with Gasteiger partial charge in [0, 0.05) is 28.1 Å². The van der Waals surface area contributed by atoms with Gasteiger partial charge >= 0.3 is 0 Å². The summed E-state index contributed by atoms with van der Waals surface area (Å²) in [6.45, 7) is 0.489. The zero-order chi connectivity index (χ0) is 18.6. The van der Waals surface area contributed by atoms with Crippen molar-refractivity contribution in [3.8, 4) is 0 Å². The first-order chi connectivity index (χ1) is 12.5. The molecule has 1 fully saturated rings. The number of nitrogens with one attached hydrogen (secondary N) is 2. The number of benzene rings is 2. The third-order valence-electron chi connectivity index (χ3n) is 4.56. The quantitative estimate of drug-likeness (QED) is 0.621. The van der Waals surface area contributed by atoms with Gasteiger partial charge in [-0.3, -0.25) is 9.59 Å². The van der Waals surface area contributed by atoms with Crippen molar-refractivity contribution in [2.45, 2.75) is 31.1 Å². The van der Waals surface area contributed by atoms with Crippen LogP contribution in [-0.2, 0) is 15.0 Å². The Kier molecular flexibility index (Phi) is 5.99. The minimum atomic E-state index is -0.394.